The van der Waals surface area contributed by atoms with Crippen molar-refractivity contribution in [2.24, 2.45) is 0 Å². The molecule has 1 aliphatic rings. The van der Waals surface area contributed by atoms with Crippen LogP contribution in [0.15, 0.2) is 12.1 Å². The molecule has 102 valence electrons. The molecule has 2 N–H and O–H groups in total. The maximum Gasteiger partial charge on any atom is 0.329 e. The Kier molecular flexibility index (Phi) is 4.08. The van der Waals surface area contributed by atoms with Gasteiger partial charge in [0.25, 0.3) is 0 Å². The predicted molar refractivity (Wildman–Crippen MR) is 64.7 cm³/mol. The van der Waals surface area contributed by atoms with Crippen LogP contribution in [0.5, 0.6) is 11.5 Å². The van der Waals surface area contributed by atoms with Gasteiger partial charge in [-0.1, -0.05) is 11.6 Å². The van der Waals surface area contributed by atoms with E-state index in [1.165, 1.54) is 12.1 Å². The molecule has 0 aromatic heterocycles. The molecule has 1 aromatic rings. The maximum atomic E-state index is 11.5. The van der Waals surface area contributed by atoms with Gasteiger partial charge >= 0.3 is 5.97 Å². The van der Waals surface area contributed by atoms with Gasteiger partial charge in [0, 0.05) is 12.1 Å². The number of nitrogens with one attached hydrogen (secondary N) is 1. The third-order valence-corrected chi connectivity index (χ3v) is 2.51. The number of benzene rings is 1. The van der Waals surface area contributed by atoms with Crippen LogP contribution in [0.25, 0.3) is 0 Å². The van der Waals surface area contributed by atoms with Crippen LogP contribution in [0.4, 0.5) is 5.69 Å². The Bertz CT molecular complexity index is 518. The molecule has 1 aliphatic heterocycles. The van der Waals surface area contributed by atoms with Crippen molar-refractivity contribution in [2.75, 3.05) is 25.3 Å². The largest absolute Gasteiger partial charge is 0.480 e. The first-order valence-electron chi connectivity index (χ1n) is 5.25. The van der Waals surface area contributed by atoms with E-state index in [-0.39, 0.29) is 18.4 Å². The number of carbonyl (C=O) groups is 2. The summed E-state index contributed by atoms with van der Waals surface area (Å²) in [5.74, 6) is -0.674. The third kappa shape index (κ3) is 3.49. The molecule has 0 saturated heterocycles. The average Bonchev–Trinajstić information content (AvgIpc) is 2.76. The van der Waals surface area contributed by atoms with Gasteiger partial charge in [0.05, 0.1) is 10.7 Å². The number of fused-ring (bicyclic) bond motifs is 1. The minimum Gasteiger partial charge on any atom is -0.480 e. The highest BCUT2D eigenvalue weighted by Gasteiger charge is 2.17. The van der Waals surface area contributed by atoms with E-state index in [4.69, 9.17) is 26.2 Å². The minimum atomic E-state index is -1.14. The van der Waals surface area contributed by atoms with Crippen molar-refractivity contribution >= 4 is 29.2 Å². The van der Waals surface area contributed by atoms with Gasteiger partial charge in [-0.3, -0.25) is 4.79 Å². The first kappa shape index (κ1) is 13.4. The van der Waals surface area contributed by atoms with E-state index >= 15 is 0 Å². The summed E-state index contributed by atoms with van der Waals surface area (Å²) < 4.78 is 14.9. The summed E-state index contributed by atoms with van der Waals surface area (Å²) in [4.78, 5) is 21.7. The average molecular weight is 288 g/mol. The van der Waals surface area contributed by atoms with Gasteiger partial charge in [-0.05, 0) is 0 Å². The molecule has 0 aliphatic carbocycles. The Labute approximate surface area is 113 Å². The molecule has 0 unspecified atom stereocenters. The quantitative estimate of drug-likeness (QED) is 0.842. The third-order valence-electron chi connectivity index (χ3n) is 2.20. The van der Waals surface area contributed by atoms with Crippen LogP contribution in [0.3, 0.4) is 0 Å². The Morgan fingerprint density at radius 1 is 1.32 bits per heavy atom. The Hall–Kier alpha value is -1.99. The van der Waals surface area contributed by atoms with E-state index in [0.717, 1.165) is 0 Å². The van der Waals surface area contributed by atoms with Crippen LogP contribution < -0.4 is 14.8 Å². The SMILES string of the molecule is O=C(O)COCC(=O)Nc1cc2c(cc1Cl)OCO2. The lowest BCUT2D eigenvalue weighted by Gasteiger charge is -2.08. The van der Waals surface area contributed by atoms with Crippen molar-refractivity contribution < 1.29 is 28.9 Å². The summed E-state index contributed by atoms with van der Waals surface area (Å²) >= 11 is 5.95. The highest BCUT2D eigenvalue weighted by molar-refractivity contribution is 6.34. The topological polar surface area (TPSA) is 94.1 Å². The Balaban J connectivity index is 1.95. The lowest BCUT2D eigenvalue weighted by atomic mass is 10.2. The molecule has 19 heavy (non-hydrogen) atoms. The lowest BCUT2D eigenvalue weighted by Crippen LogP contribution is -2.20. The zero-order chi connectivity index (χ0) is 13.8. The zero-order valence-corrected chi connectivity index (χ0v) is 10.4. The molecule has 1 amide bonds. The highest BCUT2D eigenvalue weighted by atomic mass is 35.5. The number of ether oxygens (including phenoxy) is 3. The van der Waals surface area contributed by atoms with Crippen LogP contribution in [-0.2, 0) is 14.3 Å². The van der Waals surface area contributed by atoms with E-state index in [1.807, 2.05) is 0 Å². The molecule has 1 aromatic carbocycles. The number of carboxylic acids is 1. The first-order chi connectivity index (χ1) is 9.06. The Morgan fingerprint density at radius 2 is 2.00 bits per heavy atom. The summed E-state index contributed by atoms with van der Waals surface area (Å²) in [5.41, 5.74) is 0.342. The van der Waals surface area contributed by atoms with Gasteiger partial charge < -0.3 is 24.6 Å². The van der Waals surface area contributed by atoms with Crippen LogP contribution in [0, 0.1) is 0 Å². The number of halogens is 1. The molecule has 0 bridgehead atoms. The van der Waals surface area contributed by atoms with Crippen molar-refractivity contribution in [1.29, 1.82) is 0 Å². The molecule has 0 fully saturated rings. The summed E-state index contributed by atoms with van der Waals surface area (Å²) in [7, 11) is 0. The van der Waals surface area contributed by atoms with Crippen molar-refractivity contribution in [3.63, 3.8) is 0 Å². The second kappa shape index (κ2) is 5.77. The van der Waals surface area contributed by atoms with Gasteiger partial charge in [-0.25, -0.2) is 4.79 Å². The van der Waals surface area contributed by atoms with E-state index < -0.39 is 18.5 Å². The molecule has 0 radical (unpaired) electrons. The van der Waals surface area contributed by atoms with Crippen LogP contribution in [0.2, 0.25) is 5.02 Å². The van der Waals surface area contributed by atoms with Gasteiger partial charge in [0.1, 0.15) is 13.2 Å². The zero-order valence-electron chi connectivity index (χ0n) is 9.64. The summed E-state index contributed by atoms with van der Waals surface area (Å²) in [6.45, 7) is -0.815. The van der Waals surface area contributed by atoms with Crippen LogP contribution in [-0.4, -0.2) is 37.0 Å². The maximum absolute atomic E-state index is 11.5. The number of aliphatic carboxylic acids is 1. The molecular formula is C11H10ClNO6. The van der Waals surface area contributed by atoms with Crippen LogP contribution >= 0.6 is 11.6 Å². The van der Waals surface area contributed by atoms with E-state index in [2.05, 4.69) is 10.1 Å². The van der Waals surface area contributed by atoms with Crippen LogP contribution in [0.1, 0.15) is 0 Å². The number of amides is 1. The normalized spacial score (nSPS) is 12.3. The number of carbonyl (C=O) groups excluding carboxylic acids is 1. The van der Waals surface area contributed by atoms with E-state index in [9.17, 15) is 9.59 Å². The van der Waals surface area contributed by atoms with Gasteiger partial charge in [0.15, 0.2) is 11.5 Å². The highest BCUT2D eigenvalue weighted by Crippen LogP contribution is 2.39. The summed E-state index contributed by atoms with van der Waals surface area (Å²) in [6, 6.07) is 3.05. The van der Waals surface area contributed by atoms with Gasteiger partial charge in [-0.15, -0.1) is 0 Å². The first-order valence-corrected chi connectivity index (χ1v) is 5.62. The van der Waals surface area contributed by atoms with E-state index in [1.54, 1.807) is 0 Å². The van der Waals surface area contributed by atoms with Crippen molar-refractivity contribution in [3.8, 4) is 11.5 Å². The second-order valence-electron chi connectivity index (χ2n) is 3.62. The minimum absolute atomic E-state index is 0.102. The Morgan fingerprint density at radius 3 is 2.68 bits per heavy atom. The molecule has 7 nitrogen and oxygen atoms in total. The number of anilines is 1. The molecular weight excluding hydrogens is 278 g/mol. The standard InChI is InChI=1S/C11H10ClNO6/c12-6-1-8-9(19-5-18-8)2-7(6)13-10(14)3-17-4-11(15)16/h1-2H,3-5H2,(H,13,14)(H,15,16). The number of carboxylic acid groups (broad SMARTS) is 1. The molecule has 0 atom stereocenters. The molecule has 0 spiro atoms. The molecule has 1 heterocycles. The lowest BCUT2D eigenvalue weighted by molar-refractivity contribution is -0.143. The fourth-order valence-corrected chi connectivity index (χ4v) is 1.63. The summed E-state index contributed by atoms with van der Waals surface area (Å²) in [6.07, 6.45) is 0. The molecule has 8 heteroatoms. The number of hydrogen-bond donors (Lipinski definition) is 2. The number of rotatable bonds is 5. The smallest absolute Gasteiger partial charge is 0.329 e. The van der Waals surface area contributed by atoms with Crippen molar-refractivity contribution in [2.45, 2.75) is 0 Å². The van der Waals surface area contributed by atoms with Crippen molar-refractivity contribution in [1.82, 2.24) is 0 Å². The van der Waals surface area contributed by atoms with Crippen molar-refractivity contribution in [3.05, 3.63) is 17.2 Å². The van der Waals surface area contributed by atoms with Gasteiger partial charge in [-0.2, -0.15) is 0 Å². The summed E-state index contributed by atoms with van der Waals surface area (Å²) in [5, 5.41) is 11.1. The number of hydrogen-bond acceptors (Lipinski definition) is 5. The van der Waals surface area contributed by atoms with Gasteiger partial charge in [0.2, 0.25) is 12.7 Å². The molecule has 0 saturated carbocycles. The fourth-order valence-electron chi connectivity index (χ4n) is 1.43. The fraction of sp³-hybridized carbons (Fsp3) is 0.273. The monoisotopic (exact) mass is 287 g/mol. The van der Waals surface area contributed by atoms with E-state index in [0.29, 0.717) is 17.2 Å². The molecule has 2 rings (SSSR count). The second-order valence-corrected chi connectivity index (χ2v) is 4.03. The predicted octanol–water partition coefficient (Wildman–Crippen LogP) is 1.11.